The van der Waals surface area contributed by atoms with Crippen LogP contribution >= 0.6 is 11.3 Å². The van der Waals surface area contributed by atoms with Crippen molar-refractivity contribution in [3.63, 3.8) is 0 Å². The molecule has 5 heteroatoms. The van der Waals surface area contributed by atoms with E-state index >= 15 is 0 Å². The van der Waals surface area contributed by atoms with Gasteiger partial charge in [-0.05, 0) is 25.5 Å². The van der Waals surface area contributed by atoms with Gasteiger partial charge in [-0.15, -0.1) is 21.5 Å². The van der Waals surface area contributed by atoms with Crippen molar-refractivity contribution in [3.8, 4) is 10.8 Å². The molecule has 2 aromatic rings. The first-order valence-corrected chi connectivity index (χ1v) is 5.68. The van der Waals surface area contributed by atoms with E-state index in [0.717, 1.165) is 11.3 Å². The Kier molecular flexibility index (Phi) is 2.83. The van der Waals surface area contributed by atoms with Crippen molar-refractivity contribution < 1.29 is 4.42 Å². The highest BCUT2D eigenvalue weighted by molar-refractivity contribution is 7.15. The summed E-state index contributed by atoms with van der Waals surface area (Å²) in [5.41, 5.74) is 5.80. The van der Waals surface area contributed by atoms with Crippen LogP contribution in [0, 0.1) is 6.92 Å². The maximum Gasteiger partial charge on any atom is 0.257 e. The fourth-order valence-corrected chi connectivity index (χ4v) is 2.00. The number of nitrogens with two attached hydrogens (primary N) is 1. The third-order valence-electron chi connectivity index (χ3n) is 2.15. The van der Waals surface area contributed by atoms with Gasteiger partial charge >= 0.3 is 0 Å². The zero-order valence-electron chi connectivity index (χ0n) is 8.73. The Morgan fingerprint density at radius 1 is 1.47 bits per heavy atom. The van der Waals surface area contributed by atoms with E-state index in [-0.39, 0.29) is 6.04 Å². The Bertz CT molecular complexity index is 449. The summed E-state index contributed by atoms with van der Waals surface area (Å²) in [4.78, 5) is 2.22. The predicted octanol–water partition coefficient (Wildman–Crippen LogP) is 2.52. The van der Waals surface area contributed by atoms with Gasteiger partial charge in [-0.1, -0.05) is 6.92 Å². The number of thiophene rings is 1. The highest BCUT2D eigenvalue weighted by Crippen LogP contribution is 2.27. The SMILES string of the molecule is CCC(N)c1nnc(-c2ccc(C)s2)o1. The molecular formula is C10H13N3OS. The Morgan fingerprint density at radius 2 is 2.27 bits per heavy atom. The average Bonchev–Trinajstić information content (AvgIpc) is 2.84. The highest BCUT2D eigenvalue weighted by Gasteiger charge is 2.14. The Labute approximate surface area is 92.1 Å². The maximum absolute atomic E-state index is 5.80. The minimum atomic E-state index is -0.160. The molecule has 0 aliphatic rings. The molecule has 0 aliphatic carbocycles. The third-order valence-corrected chi connectivity index (χ3v) is 3.14. The number of rotatable bonds is 3. The molecular weight excluding hydrogens is 210 g/mol. The average molecular weight is 223 g/mol. The fourth-order valence-electron chi connectivity index (χ4n) is 1.21. The van der Waals surface area contributed by atoms with Crippen LogP contribution in [0.3, 0.4) is 0 Å². The lowest BCUT2D eigenvalue weighted by atomic mass is 10.2. The van der Waals surface area contributed by atoms with E-state index in [0.29, 0.717) is 11.8 Å². The quantitative estimate of drug-likeness (QED) is 0.868. The molecule has 15 heavy (non-hydrogen) atoms. The van der Waals surface area contributed by atoms with Crippen LogP contribution in [0.5, 0.6) is 0 Å². The minimum absolute atomic E-state index is 0.160. The monoisotopic (exact) mass is 223 g/mol. The smallest absolute Gasteiger partial charge is 0.257 e. The standard InChI is InChI=1S/C10H13N3OS/c1-3-7(11)9-12-13-10(14-9)8-5-4-6(2)15-8/h4-5,7H,3,11H2,1-2H3. The summed E-state index contributed by atoms with van der Waals surface area (Å²) in [5.74, 6) is 1.07. The molecule has 4 nitrogen and oxygen atoms in total. The number of nitrogens with zero attached hydrogens (tertiary/aromatic N) is 2. The largest absolute Gasteiger partial charge is 0.418 e. The van der Waals surface area contributed by atoms with Gasteiger partial charge in [0.2, 0.25) is 5.89 Å². The molecule has 1 atom stereocenters. The van der Waals surface area contributed by atoms with E-state index in [9.17, 15) is 0 Å². The first kappa shape index (κ1) is 10.3. The number of aromatic nitrogens is 2. The van der Waals surface area contributed by atoms with E-state index < -0.39 is 0 Å². The summed E-state index contributed by atoms with van der Waals surface area (Å²) >= 11 is 1.64. The number of aryl methyl sites for hydroxylation is 1. The summed E-state index contributed by atoms with van der Waals surface area (Å²) in [7, 11) is 0. The van der Waals surface area contributed by atoms with Crippen molar-refractivity contribution in [3.05, 3.63) is 22.9 Å². The molecule has 0 fully saturated rings. The van der Waals surface area contributed by atoms with Crippen LogP contribution in [-0.4, -0.2) is 10.2 Å². The molecule has 0 aromatic carbocycles. The van der Waals surface area contributed by atoms with Gasteiger partial charge in [-0.25, -0.2) is 0 Å². The molecule has 0 saturated heterocycles. The van der Waals surface area contributed by atoms with Crippen LogP contribution in [0.4, 0.5) is 0 Å². The summed E-state index contributed by atoms with van der Waals surface area (Å²) in [6.45, 7) is 4.03. The van der Waals surface area contributed by atoms with Crippen molar-refractivity contribution in [2.75, 3.05) is 0 Å². The molecule has 1 unspecified atom stereocenters. The first-order chi connectivity index (χ1) is 7.20. The van der Waals surface area contributed by atoms with Gasteiger partial charge in [0.05, 0.1) is 10.9 Å². The Balaban J connectivity index is 2.27. The van der Waals surface area contributed by atoms with Gasteiger partial charge in [-0.2, -0.15) is 0 Å². The second-order valence-corrected chi connectivity index (χ2v) is 4.66. The van der Waals surface area contributed by atoms with Crippen LogP contribution in [0.1, 0.15) is 30.2 Å². The van der Waals surface area contributed by atoms with Gasteiger partial charge in [0.1, 0.15) is 0 Å². The van der Waals surface area contributed by atoms with E-state index in [1.54, 1.807) is 11.3 Å². The molecule has 0 spiro atoms. The predicted molar refractivity (Wildman–Crippen MR) is 59.6 cm³/mol. The van der Waals surface area contributed by atoms with Gasteiger partial charge in [0.15, 0.2) is 0 Å². The van der Waals surface area contributed by atoms with Crippen molar-refractivity contribution in [2.45, 2.75) is 26.3 Å². The molecule has 0 aliphatic heterocycles. The van der Waals surface area contributed by atoms with Crippen molar-refractivity contribution in [1.29, 1.82) is 0 Å². The van der Waals surface area contributed by atoms with E-state index in [4.69, 9.17) is 10.2 Å². The second kappa shape index (κ2) is 4.12. The summed E-state index contributed by atoms with van der Waals surface area (Å²) < 4.78 is 5.50. The topological polar surface area (TPSA) is 64.9 Å². The summed E-state index contributed by atoms with van der Waals surface area (Å²) in [5, 5.41) is 7.92. The molecule has 2 N–H and O–H groups in total. The van der Waals surface area contributed by atoms with Gasteiger partial charge < -0.3 is 10.2 Å². The normalized spacial score (nSPS) is 13.0. The Morgan fingerprint density at radius 3 is 2.87 bits per heavy atom. The van der Waals surface area contributed by atoms with Crippen molar-refractivity contribution in [2.24, 2.45) is 5.73 Å². The van der Waals surface area contributed by atoms with Crippen LogP contribution in [-0.2, 0) is 0 Å². The van der Waals surface area contributed by atoms with Crippen molar-refractivity contribution >= 4 is 11.3 Å². The number of hydrogen-bond acceptors (Lipinski definition) is 5. The molecule has 80 valence electrons. The molecule has 0 radical (unpaired) electrons. The van der Waals surface area contributed by atoms with E-state index in [1.807, 2.05) is 26.0 Å². The molecule has 0 saturated carbocycles. The lowest BCUT2D eigenvalue weighted by Gasteiger charge is -1.99. The van der Waals surface area contributed by atoms with Crippen LogP contribution < -0.4 is 5.73 Å². The van der Waals surface area contributed by atoms with Gasteiger partial charge in [0, 0.05) is 4.88 Å². The zero-order valence-corrected chi connectivity index (χ0v) is 9.54. The van der Waals surface area contributed by atoms with Crippen molar-refractivity contribution in [1.82, 2.24) is 10.2 Å². The van der Waals surface area contributed by atoms with E-state index in [2.05, 4.69) is 10.2 Å². The summed E-state index contributed by atoms with van der Waals surface area (Å²) in [6.07, 6.45) is 0.797. The first-order valence-electron chi connectivity index (χ1n) is 4.86. The Hall–Kier alpha value is -1.20. The lowest BCUT2D eigenvalue weighted by Crippen LogP contribution is -2.08. The molecule has 2 aromatic heterocycles. The van der Waals surface area contributed by atoms with Gasteiger partial charge in [-0.3, -0.25) is 0 Å². The maximum atomic E-state index is 5.80. The lowest BCUT2D eigenvalue weighted by molar-refractivity contribution is 0.453. The number of hydrogen-bond donors (Lipinski definition) is 1. The summed E-state index contributed by atoms with van der Waals surface area (Å²) in [6, 6.07) is 3.85. The molecule has 2 rings (SSSR count). The van der Waals surface area contributed by atoms with E-state index in [1.165, 1.54) is 4.88 Å². The second-order valence-electron chi connectivity index (χ2n) is 3.37. The fraction of sp³-hybridized carbons (Fsp3) is 0.400. The van der Waals surface area contributed by atoms with Crippen LogP contribution in [0.2, 0.25) is 0 Å². The highest BCUT2D eigenvalue weighted by atomic mass is 32.1. The van der Waals surface area contributed by atoms with Gasteiger partial charge in [0.25, 0.3) is 5.89 Å². The van der Waals surface area contributed by atoms with Crippen LogP contribution in [0.15, 0.2) is 16.5 Å². The zero-order chi connectivity index (χ0) is 10.8. The molecule has 0 bridgehead atoms. The third kappa shape index (κ3) is 2.08. The van der Waals surface area contributed by atoms with Crippen LogP contribution in [0.25, 0.3) is 10.8 Å². The minimum Gasteiger partial charge on any atom is -0.418 e. The molecule has 0 amide bonds. The molecule has 2 heterocycles.